The van der Waals surface area contributed by atoms with Crippen molar-refractivity contribution in [3.63, 3.8) is 0 Å². The number of nitrogens with one attached hydrogen (secondary N) is 1. The van der Waals surface area contributed by atoms with E-state index in [0.29, 0.717) is 38.2 Å². The number of methoxy groups -OCH3 is 1. The van der Waals surface area contributed by atoms with Crippen LogP contribution in [0, 0.1) is 0 Å². The number of hydrogen-bond donors (Lipinski definition) is 1. The minimum absolute atomic E-state index is 0.418. The van der Waals surface area contributed by atoms with Gasteiger partial charge in [0.05, 0.1) is 28.7 Å². The number of benzene rings is 2. The first-order chi connectivity index (χ1) is 11.1. The molecule has 0 saturated carbocycles. The summed E-state index contributed by atoms with van der Waals surface area (Å²) in [6.07, 6.45) is 0. The Morgan fingerprint density at radius 3 is 2.61 bits per heavy atom. The van der Waals surface area contributed by atoms with Crippen molar-refractivity contribution in [3.8, 4) is 11.4 Å². The molecule has 0 fully saturated rings. The van der Waals surface area contributed by atoms with Crippen LogP contribution in [0.2, 0.25) is 10.0 Å². The average molecular weight is 350 g/mol. The largest absolute Gasteiger partial charge is 0.496 e. The Kier molecular flexibility index (Phi) is 4.15. The lowest BCUT2D eigenvalue weighted by Crippen LogP contribution is -2.23. The molecule has 2 aromatic carbocycles. The maximum absolute atomic E-state index is 12.5. The van der Waals surface area contributed by atoms with Gasteiger partial charge in [-0.05, 0) is 24.3 Å². The van der Waals surface area contributed by atoms with Crippen LogP contribution in [0.4, 0.5) is 5.82 Å². The van der Waals surface area contributed by atoms with E-state index in [1.165, 1.54) is 11.7 Å². The number of nitrogens with zero attached hydrogens (tertiary/aromatic N) is 2. The number of halogens is 2. The molecule has 5 nitrogen and oxygen atoms in total. The molecular formula is C16H13Cl2N3O2. The van der Waals surface area contributed by atoms with Gasteiger partial charge in [0.1, 0.15) is 11.6 Å². The number of rotatable bonds is 3. The summed E-state index contributed by atoms with van der Waals surface area (Å²) >= 11 is 12.4. The van der Waals surface area contributed by atoms with Crippen molar-refractivity contribution in [1.29, 1.82) is 0 Å². The summed E-state index contributed by atoms with van der Waals surface area (Å²) in [4.78, 5) is 16.6. The summed E-state index contributed by atoms with van der Waals surface area (Å²) < 4.78 is 6.82. The van der Waals surface area contributed by atoms with Gasteiger partial charge in [0.25, 0.3) is 0 Å². The van der Waals surface area contributed by atoms with Gasteiger partial charge in [0.15, 0.2) is 0 Å². The lowest BCUT2D eigenvalue weighted by Gasteiger charge is -2.16. The maximum Gasteiger partial charge on any atom is 0.354 e. The highest BCUT2D eigenvalue weighted by atomic mass is 35.5. The Labute approximate surface area is 142 Å². The van der Waals surface area contributed by atoms with Crippen LogP contribution >= 0.6 is 23.2 Å². The molecular weight excluding hydrogens is 337 g/mol. The summed E-state index contributed by atoms with van der Waals surface area (Å²) in [6, 6.07) is 10.4. The van der Waals surface area contributed by atoms with Gasteiger partial charge < -0.3 is 10.1 Å². The van der Waals surface area contributed by atoms with Gasteiger partial charge >= 0.3 is 5.69 Å². The minimum Gasteiger partial charge on any atom is -0.496 e. The molecule has 0 radical (unpaired) electrons. The van der Waals surface area contributed by atoms with Crippen LogP contribution in [0.15, 0.2) is 41.2 Å². The molecule has 1 N–H and O–H groups in total. The van der Waals surface area contributed by atoms with Gasteiger partial charge in [-0.2, -0.15) is 4.98 Å². The zero-order valence-electron chi connectivity index (χ0n) is 12.4. The number of para-hydroxylation sites is 1. The Morgan fingerprint density at radius 2 is 1.96 bits per heavy atom. The van der Waals surface area contributed by atoms with Crippen molar-refractivity contribution in [1.82, 2.24) is 9.55 Å². The Morgan fingerprint density at radius 1 is 1.22 bits per heavy atom. The van der Waals surface area contributed by atoms with E-state index in [9.17, 15) is 4.79 Å². The third-order valence-electron chi connectivity index (χ3n) is 3.47. The fraction of sp³-hybridized carbons (Fsp3) is 0.125. The summed E-state index contributed by atoms with van der Waals surface area (Å²) in [7, 11) is 3.23. The normalized spacial score (nSPS) is 10.8. The third kappa shape index (κ3) is 2.62. The van der Waals surface area contributed by atoms with Crippen LogP contribution in [0.25, 0.3) is 16.6 Å². The molecule has 0 amide bonds. The lowest BCUT2D eigenvalue weighted by molar-refractivity contribution is 0.419. The van der Waals surface area contributed by atoms with Gasteiger partial charge in [-0.3, -0.25) is 4.57 Å². The summed E-state index contributed by atoms with van der Waals surface area (Å²) in [5.74, 6) is 0.937. The van der Waals surface area contributed by atoms with Crippen LogP contribution in [-0.2, 0) is 0 Å². The van der Waals surface area contributed by atoms with E-state index in [4.69, 9.17) is 27.9 Å². The molecule has 7 heteroatoms. The van der Waals surface area contributed by atoms with Gasteiger partial charge in [-0.15, -0.1) is 0 Å². The van der Waals surface area contributed by atoms with E-state index in [2.05, 4.69) is 10.3 Å². The molecule has 23 heavy (non-hydrogen) atoms. The monoisotopic (exact) mass is 349 g/mol. The number of anilines is 1. The quantitative estimate of drug-likeness (QED) is 0.782. The van der Waals surface area contributed by atoms with Gasteiger partial charge in [-0.1, -0.05) is 35.3 Å². The second-order valence-electron chi connectivity index (χ2n) is 4.78. The average Bonchev–Trinajstić information content (AvgIpc) is 2.54. The minimum atomic E-state index is -0.459. The molecule has 3 aromatic rings. The molecule has 0 unspecified atom stereocenters. The van der Waals surface area contributed by atoms with Crippen molar-refractivity contribution >= 4 is 39.9 Å². The Bertz CT molecular complexity index is 954. The molecule has 118 valence electrons. The molecule has 0 atom stereocenters. The molecule has 0 spiro atoms. The predicted octanol–water partition coefficient (Wildman–Crippen LogP) is 3.74. The second kappa shape index (κ2) is 6.10. The van der Waals surface area contributed by atoms with Crippen LogP contribution in [0.1, 0.15) is 0 Å². The molecule has 0 saturated heterocycles. The van der Waals surface area contributed by atoms with Crippen LogP contribution in [-0.4, -0.2) is 23.7 Å². The molecule has 0 aliphatic rings. The molecule has 0 bridgehead atoms. The maximum atomic E-state index is 12.5. The van der Waals surface area contributed by atoms with Crippen molar-refractivity contribution < 1.29 is 4.74 Å². The SMILES string of the molecule is CNc1nc(=O)n(-c2ccccc2Cl)c2cc(Cl)cc(OC)c12. The summed E-state index contributed by atoms with van der Waals surface area (Å²) in [5, 5.41) is 4.46. The highest BCUT2D eigenvalue weighted by molar-refractivity contribution is 6.33. The van der Waals surface area contributed by atoms with Crippen LogP contribution in [0.3, 0.4) is 0 Å². The molecule has 1 aromatic heterocycles. The van der Waals surface area contributed by atoms with Crippen molar-refractivity contribution in [3.05, 3.63) is 56.9 Å². The van der Waals surface area contributed by atoms with Crippen molar-refractivity contribution in [2.75, 3.05) is 19.5 Å². The number of hydrogen-bond acceptors (Lipinski definition) is 4. The van der Waals surface area contributed by atoms with E-state index in [0.717, 1.165) is 0 Å². The highest BCUT2D eigenvalue weighted by Gasteiger charge is 2.17. The predicted molar refractivity (Wildman–Crippen MR) is 93.5 cm³/mol. The number of aromatic nitrogens is 2. The first kappa shape index (κ1) is 15.6. The zero-order valence-corrected chi connectivity index (χ0v) is 13.9. The first-order valence-electron chi connectivity index (χ1n) is 6.79. The standard InChI is InChI=1S/C16H13Cl2N3O2/c1-19-15-14-12(7-9(17)8-13(14)23-2)21(16(22)20-15)11-6-4-3-5-10(11)18/h3-8H,1-2H3,(H,19,20,22). The lowest BCUT2D eigenvalue weighted by atomic mass is 10.2. The summed E-state index contributed by atoms with van der Waals surface area (Å²) in [6.45, 7) is 0. The fourth-order valence-corrected chi connectivity index (χ4v) is 2.92. The highest BCUT2D eigenvalue weighted by Crippen LogP contribution is 2.34. The fourth-order valence-electron chi connectivity index (χ4n) is 2.49. The zero-order chi connectivity index (χ0) is 16.6. The molecule has 0 aliphatic heterocycles. The molecule has 1 heterocycles. The summed E-state index contributed by atoms with van der Waals surface area (Å²) in [5.41, 5.74) is 0.634. The smallest absolute Gasteiger partial charge is 0.354 e. The third-order valence-corrected chi connectivity index (χ3v) is 4.01. The van der Waals surface area contributed by atoms with Crippen LogP contribution in [0.5, 0.6) is 5.75 Å². The van der Waals surface area contributed by atoms with E-state index in [1.54, 1.807) is 43.4 Å². The van der Waals surface area contributed by atoms with Gasteiger partial charge in [0, 0.05) is 12.1 Å². The van der Waals surface area contributed by atoms with E-state index in [-0.39, 0.29) is 0 Å². The molecule has 3 rings (SSSR count). The topological polar surface area (TPSA) is 56.2 Å². The van der Waals surface area contributed by atoms with E-state index < -0.39 is 5.69 Å². The van der Waals surface area contributed by atoms with Crippen LogP contribution < -0.4 is 15.7 Å². The first-order valence-corrected chi connectivity index (χ1v) is 7.55. The Hall–Kier alpha value is -2.24. The van der Waals surface area contributed by atoms with E-state index in [1.807, 2.05) is 0 Å². The number of fused-ring (bicyclic) bond motifs is 1. The van der Waals surface area contributed by atoms with Gasteiger partial charge in [-0.25, -0.2) is 4.79 Å². The van der Waals surface area contributed by atoms with Crippen molar-refractivity contribution in [2.45, 2.75) is 0 Å². The van der Waals surface area contributed by atoms with Gasteiger partial charge in [0.2, 0.25) is 0 Å². The Balaban J connectivity index is 2.53. The number of ether oxygens (including phenoxy) is 1. The second-order valence-corrected chi connectivity index (χ2v) is 5.63. The molecule has 0 aliphatic carbocycles. The van der Waals surface area contributed by atoms with Crippen molar-refractivity contribution in [2.24, 2.45) is 0 Å². The van der Waals surface area contributed by atoms with E-state index >= 15 is 0 Å².